The monoisotopic (exact) mass is 165 g/mol. The van der Waals surface area contributed by atoms with Gasteiger partial charge in [0, 0.05) is 0 Å². The molecule has 1 aromatic carbocycles. The van der Waals surface area contributed by atoms with E-state index < -0.39 is 5.54 Å². The molecule has 0 aliphatic rings. The zero-order valence-electron chi connectivity index (χ0n) is 7.05. The summed E-state index contributed by atoms with van der Waals surface area (Å²) >= 11 is 0. The van der Waals surface area contributed by atoms with Crippen LogP contribution in [0.15, 0.2) is 36.9 Å². The van der Waals surface area contributed by atoms with Crippen molar-refractivity contribution in [1.29, 1.82) is 0 Å². The fraction of sp³-hybridized carbons (Fsp3) is 0.200. The molecule has 0 amide bonds. The van der Waals surface area contributed by atoms with Gasteiger partial charge in [0.15, 0.2) is 0 Å². The van der Waals surface area contributed by atoms with Crippen LogP contribution >= 0.6 is 0 Å². The standard InChI is InChI=1S/C10H12FN/c1-3-10(2,12)8-4-6-9(11)7-5-8/h3-7H,1,12H2,2H3. The molecule has 0 heterocycles. The number of nitrogens with two attached hydrogens (primary N) is 1. The second kappa shape index (κ2) is 3.07. The molecule has 1 nitrogen and oxygen atoms in total. The summed E-state index contributed by atoms with van der Waals surface area (Å²) in [6.07, 6.45) is 1.64. The highest BCUT2D eigenvalue weighted by molar-refractivity contribution is 5.27. The Morgan fingerprint density at radius 1 is 1.42 bits per heavy atom. The maximum absolute atomic E-state index is 12.5. The van der Waals surface area contributed by atoms with E-state index in [1.54, 1.807) is 18.2 Å². The predicted molar refractivity (Wildman–Crippen MR) is 48.1 cm³/mol. The Balaban J connectivity index is 3.04. The largest absolute Gasteiger partial charge is 0.318 e. The summed E-state index contributed by atoms with van der Waals surface area (Å²) in [5.41, 5.74) is 6.13. The first-order valence-electron chi connectivity index (χ1n) is 3.75. The van der Waals surface area contributed by atoms with E-state index in [-0.39, 0.29) is 5.82 Å². The lowest BCUT2D eigenvalue weighted by Crippen LogP contribution is -2.29. The van der Waals surface area contributed by atoms with E-state index >= 15 is 0 Å². The van der Waals surface area contributed by atoms with Crippen LogP contribution in [0.25, 0.3) is 0 Å². The van der Waals surface area contributed by atoms with Gasteiger partial charge in [-0.3, -0.25) is 0 Å². The first kappa shape index (κ1) is 8.94. The minimum Gasteiger partial charge on any atom is -0.318 e. The van der Waals surface area contributed by atoms with Gasteiger partial charge in [0.2, 0.25) is 0 Å². The summed E-state index contributed by atoms with van der Waals surface area (Å²) in [4.78, 5) is 0. The molecule has 2 heteroatoms. The Morgan fingerprint density at radius 3 is 2.33 bits per heavy atom. The van der Waals surface area contributed by atoms with Crippen molar-refractivity contribution in [2.45, 2.75) is 12.5 Å². The van der Waals surface area contributed by atoms with Crippen molar-refractivity contribution in [1.82, 2.24) is 0 Å². The summed E-state index contributed by atoms with van der Waals surface area (Å²) in [5.74, 6) is -0.251. The SMILES string of the molecule is C=CC(C)(N)c1ccc(F)cc1. The van der Waals surface area contributed by atoms with E-state index in [9.17, 15) is 4.39 Å². The fourth-order valence-corrected chi connectivity index (χ4v) is 0.927. The van der Waals surface area contributed by atoms with Crippen molar-refractivity contribution >= 4 is 0 Å². The van der Waals surface area contributed by atoms with Gasteiger partial charge in [0.25, 0.3) is 0 Å². The van der Waals surface area contributed by atoms with Crippen molar-refractivity contribution < 1.29 is 4.39 Å². The van der Waals surface area contributed by atoms with Crippen molar-refractivity contribution in [2.24, 2.45) is 5.73 Å². The van der Waals surface area contributed by atoms with Gasteiger partial charge in [-0.1, -0.05) is 18.2 Å². The number of rotatable bonds is 2. The van der Waals surface area contributed by atoms with E-state index in [0.717, 1.165) is 5.56 Å². The highest BCUT2D eigenvalue weighted by Crippen LogP contribution is 2.18. The van der Waals surface area contributed by atoms with Crippen LogP contribution in [-0.4, -0.2) is 0 Å². The highest BCUT2D eigenvalue weighted by atomic mass is 19.1. The molecule has 1 unspecified atom stereocenters. The van der Waals surface area contributed by atoms with E-state index in [4.69, 9.17) is 5.73 Å². The summed E-state index contributed by atoms with van der Waals surface area (Å²) < 4.78 is 12.5. The van der Waals surface area contributed by atoms with E-state index in [2.05, 4.69) is 6.58 Å². The molecule has 0 aromatic heterocycles. The van der Waals surface area contributed by atoms with Crippen molar-refractivity contribution in [3.8, 4) is 0 Å². The Bertz CT molecular complexity index is 274. The van der Waals surface area contributed by atoms with Gasteiger partial charge in [-0.25, -0.2) is 4.39 Å². The number of benzene rings is 1. The third-order valence-electron chi connectivity index (χ3n) is 1.89. The second-order valence-electron chi connectivity index (χ2n) is 2.99. The number of halogens is 1. The van der Waals surface area contributed by atoms with Crippen LogP contribution in [-0.2, 0) is 5.54 Å². The van der Waals surface area contributed by atoms with Crippen LogP contribution in [0.2, 0.25) is 0 Å². The second-order valence-corrected chi connectivity index (χ2v) is 2.99. The molecule has 2 N–H and O–H groups in total. The van der Waals surface area contributed by atoms with E-state index in [1.165, 1.54) is 12.1 Å². The molecular formula is C10H12FN. The highest BCUT2D eigenvalue weighted by Gasteiger charge is 2.15. The molecule has 64 valence electrons. The Kier molecular flexibility index (Phi) is 2.29. The van der Waals surface area contributed by atoms with Crippen molar-refractivity contribution in [3.05, 3.63) is 48.3 Å². The van der Waals surface area contributed by atoms with Gasteiger partial charge in [-0.2, -0.15) is 0 Å². The molecule has 1 rings (SSSR count). The number of hydrogen-bond donors (Lipinski definition) is 1. The number of hydrogen-bond acceptors (Lipinski definition) is 1. The molecule has 0 aliphatic carbocycles. The third-order valence-corrected chi connectivity index (χ3v) is 1.89. The van der Waals surface area contributed by atoms with Crippen LogP contribution in [0.3, 0.4) is 0 Å². The van der Waals surface area contributed by atoms with Crippen LogP contribution < -0.4 is 5.73 Å². The summed E-state index contributed by atoms with van der Waals surface area (Å²) in [6, 6.07) is 6.11. The molecular weight excluding hydrogens is 153 g/mol. The average Bonchev–Trinajstić information content (AvgIpc) is 2.05. The molecule has 0 aliphatic heterocycles. The third kappa shape index (κ3) is 1.71. The molecule has 0 saturated heterocycles. The van der Waals surface area contributed by atoms with Crippen molar-refractivity contribution in [2.75, 3.05) is 0 Å². The molecule has 1 atom stereocenters. The summed E-state index contributed by atoms with van der Waals surface area (Å²) in [6.45, 7) is 5.44. The minimum absolute atomic E-state index is 0.251. The first-order chi connectivity index (χ1) is 5.56. The zero-order valence-corrected chi connectivity index (χ0v) is 7.05. The van der Waals surface area contributed by atoms with Gasteiger partial charge in [-0.05, 0) is 24.6 Å². The van der Waals surface area contributed by atoms with Crippen LogP contribution in [0, 0.1) is 5.82 Å². The van der Waals surface area contributed by atoms with E-state index in [0.29, 0.717) is 0 Å². The zero-order chi connectivity index (χ0) is 9.19. The van der Waals surface area contributed by atoms with Gasteiger partial charge >= 0.3 is 0 Å². The lowest BCUT2D eigenvalue weighted by atomic mass is 9.94. The van der Waals surface area contributed by atoms with E-state index in [1.807, 2.05) is 6.92 Å². The normalized spacial score (nSPS) is 15.2. The van der Waals surface area contributed by atoms with Crippen molar-refractivity contribution in [3.63, 3.8) is 0 Å². The average molecular weight is 165 g/mol. The van der Waals surface area contributed by atoms with Gasteiger partial charge < -0.3 is 5.73 Å². The maximum atomic E-state index is 12.5. The van der Waals surface area contributed by atoms with Gasteiger partial charge in [-0.15, -0.1) is 6.58 Å². The first-order valence-corrected chi connectivity index (χ1v) is 3.75. The smallest absolute Gasteiger partial charge is 0.123 e. The Hall–Kier alpha value is -1.15. The van der Waals surface area contributed by atoms with Gasteiger partial charge in [0.05, 0.1) is 5.54 Å². The molecule has 0 spiro atoms. The predicted octanol–water partition coefficient (Wildman–Crippen LogP) is 2.19. The summed E-state index contributed by atoms with van der Waals surface area (Å²) in [5, 5.41) is 0. The lowest BCUT2D eigenvalue weighted by Gasteiger charge is -2.19. The van der Waals surface area contributed by atoms with Crippen LogP contribution in [0.1, 0.15) is 12.5 Å². The molecule has 0 radical (unpaired) electrons. The maximum Gasteiger partial charge on any atom is 0.123 e. The van der Waals surface area contributed by atoms with Gasteiger partial charge in [0.1, 0.15) is 5.82 Å². The quantitative estimate of drug-likeness (QED) is 0.668. The van der Waals surface area contributed by atoms with Crippen LogP contribution in [0.5, 0.6) is 0 Å². The molecule has 12 heavy (non-hydrogen) atoms. The molecule has 0 saturated carbocycles. The molecule has 1 aromatic rings. The minimum atomic E-state index is -0.576. The summed E-state index contributed by atoms with van der Waals surface area (Å²) in [7, 11) is 0. The molecule has 0 fully saturated rings. The lowest BCUT2D eigenvalue weighted by molar-refractivity contribution is 0.610. The van der Waals surface area contributed by atoms with Crippen LogP contribution in [0.4, 0.5) is 4.39 Å². The topological polar surface area (TPSA) is 26.0 Å². The Morgan fingerprint density at radius 2 is 1.92 bits per heavy atom. The Labute approximate surface area is 71.7 Å². The molecule has 0 bridgehead atoms. The fourth-order valence-electron chi connectivity index (χ4n) is 0.927.